The fourth-order valence-corrected chi connectivity index (χ4v) is 2.01. The first-order valence-electron chi connectivity index (χ1n) is 5.33. The van der Waals surface area contributed by atoms with Crippen molar-refractivity contribution in [1.82, 2.24) is 20.3 Å². The third-order valence-electron chi connectivity index (χ3n) is 2.32. The van der Waals surface area contributed by atoms with Crippen LogP contribution < -0.4 is 10.2 Å². The highest BCUT2D eigenvalue weighted by molar-refractivity contribution is 7.07. The Hall–Kier alpha value is -1.53. The largest absolute Gasteiger partial charge is 0.352 e. The van der Waals surface area contributed by atoms with Gasteiger partial charge in [0.1, 0.15) is 5.82 Å². The molecular formula is C11H15N5S. The van der Waals surface area contributed by atoms with Crippen molar-refractivity contribution in [2.45, 2.75) is 13.1 Å². The van der Waals surface area contributed by atoms with Gasteiger partial charge in [-0.25, -0.2) is 9.97 Å². The van der Waals surface area contributed by atoms with E-state index in [2.05, 4.69) is 20.3 Å². The first-order valence-corrected chi connectivity index (χ1v) is 6.27. The van der Waals surface area contributed by atoms with E-state index in [1.165, 1.54) is 0 Å². The van der Waals surface area contributed by atoms with E-state index in [-0.39, 0.29) is 0 Å². The van der Waals surface area contributed by atoms with Gasteiger partial charge in [-0.05, 0) is 7.05 Å². The topological polar surface area (TPSA) is 53.9 Å². The van der Waals surface area contributed by atoms with Crippen LogP contribution in [0.1, 0.15) is 11.4 Å². The molecule has 0 aliphatic carbocycles. The molecule has 17 heavy (non-hydrogen) atoms. The van der Waals surface area contributed by atoms with Crippen LogP contribution in [0.25, 0.3) is 0 Å². The molecule has 5 nitrogen and oxygen atoms in total. The van der Waals surface area contributed by atoms with Crippen LogP contribution in [0.15, 0.2) is 23.3 Å². The maximum atomic E-state index is 4.38. The fraction of sp³-hybridized carbons (Fsp3) is 0.364. The van der Waals surface area contributed by atoms with Crippen molar-refractivity contribution < 1.29 is 0 Å². The van der Waals surface area contributed by atoms with Crippen molar-refractivity contribution in [3.05, 3.63) is 34.7 Å². The molecule has 0 aliphatic rings. The number of nitrogens with zero attached hydrogens (tertiary/aromatic N) is 4. The minimum absolute atomic E-state index is 0.739. The average Bonchev–Trinajstić information content (AvgIpc) is 2.83. The van der Waals surface area contributed by atoms with Gasteiger partial charge < -0.3 is 10.2 Å². The lowest BCUT2D eigenvalue weighted by Gasteiger charge is -2.16. The number of hydrogen-bond acceptors (Lipinski definition) is 6. The van der Waals surface area contributed by atoms with Crippen LogP contribution in [0.5, 0.6) is 0 Å². The molecule has 0 fully saturated rings. The SMILES string of the molecule is CNCc1cnc(N(C)Cc2cscn2)cn1. The molecule has 0 amide bonds. The van der Waals surface area contributed by atoms with E-state index in [0.717, 1.165) is 30.3 Å². The summed E-state index contributed by atoms with van der Waals surface area (Å²) in [7, 11) is 3.88. The van der Waals surface area contributed by atoms with Gasteiger partial charge in [-0.15, -0.1) is 11.3 Å². The van der Waals surface area contributed by atoms with E-state index in [4.69, 9.17) is 0 Å². The van der Waals surface area contributed by atoms with Crippen LogP contribution in [-0.2, 0) is 13.1 Å². The molecule has 0 aromatic carbocycles. The number of thiazole rings is 1. The molecule has 2 heterocycles. The van der Waals surface area contributed by atoms with E-state index in [1.54, 1.807) is 23.7 Å². The molecule has 0 spiro atoms. The van der Waals surface area contributed by atoms with Gasteiger partial charge in [0.15, 0.2) is 0 Å². The monoisotopic (exact) mass is 249 g/mol. The summed E-state index contributed by atoms with van der Waals surface area (Å²) in [6, 6.07) is 0. The molecule has 0 saturated heterocycles. The molecule has 1 N–H and O–H groups in total. The number of anilines is 1. The first-order chi connectivity index (χ1) is 8.29. The predicted octanol–water partition coefficient (Wildman–Crippen LogP) is 1.29. The minimum Gasteiger partial charge on any atom is -0.352 e. The fourth-order valence-electron chi connectivity index (χ4n) is 1.46. The van der Waals surface area contributed by atoms with Gasteiger partial charge in [0, 0.05) is 19.0 Å². The summed E-state index contributed by atoms with van der Waals surface area (Å²) >= 11 is 1.60. The summed E-state index contributed by atoms with van der Waals surface area (Å²) < 4.78 is 0. The second kappa shape index (κ2) is 5.70. The van der Waals surface area contributed by atoms with Crippen molar-refractivity contribution in [1.29, 1.82) is 0 Å². The zero-order valence-corrected chi connectivity index (χ0v) is 10.7. The molecular weight excluding hydrogens is 234 g/mol. The van der Waals surface area contributed by atoms with Gasteiger partial charge in [-0.1, -0.05) is 0 Å². The molecule has 0 radical (unpaired) electrons. The number of aromatic nitrogens is 3. The van der Waals surface area contributed by atoms with Crippen LogP contribution >= 0.6 is 11.3 Å². The molecule has 0 bridgehead atoms. The molecule has 2 aromatic heterocycles. The van der Waals surface area contributed by atoms with Crippen LogP contribution in [-0.4, -0.2) is 29.0 Å². The van der Waals surface area contributed by atoms with Gasteiger partial charge in [0.2, 0.25) is 0 Å². The first kappa shape index (κ1) is 11.9. The van der Waals surface area contributed by atoms with E-state index >= 15 is 0 Å². The highest BCUT2D eigenvalue weighted by Gasteiger charge is 2.05. The zero-order valence-electron chi connectivity index (χ0n) is 9.92. The van der Waals surface area contributed by atoms with Gasteiger partial charge in [0.05, 0.1) is 35.8 Å². The summed E-state index contributed by atoms with van der Waals surface area (Å²) in [5.41, 5.74) is 3.84. The van der Waals surface area contributed by atoms with E-state index in [1.807, 2.05) is 29.9 Å². The van der Waals surface area contributed by atoms with Crippen LogP contribution in [0.3, 0.4) is 0 Å². The maximum absolute atomic E-state index is 4.38. The summed E-state index contributed by atoms with van der Waals surface area (Å²) in [6.07, 6.45) is 3.59. The maximum Gasteiger partial charge on any atom is 0.147 e. The van der Waals surface area contributed by atoms with Gasteiger partial charge in [-0.3, -0.25) is 4.98 Å². The van der Waals surface area contributed by atoms with Gasteiger partial charge in [-0.2, -0.15) is 0 Å². The third-order valence-corrected chi connectivity index (χ3v) is 2.96. The molecule has 0 saturated carbocycles. The summed E-state index contributed by atoms with van der Waals surface area (Å²) in [5.74, 6) is 0.859. The Labute approximate surface area is 105 Å². The Morgan fingerprint density at radius 2 is 2.12 bits per heavy atom. The standard InChI is InChI=1S/C11H15N5S/c1-12-3-9-4-14-11(5-13-9)16(2)6-10-7-17-8-15-10/h4-5,7-8,12H,3,6H2,1-2H3. The highest BCUT2D eigenvalue weighted by Crippen LogP contribution is 2.11. The normalized spacial score (nSPS) is 10.5. The Bertz CT molecular complexity index is 439. The van der Waals surface area contributed by atoms with E-state index in [9.17, 15) is 0 Å². The number of rotatable bonds is 5. The second-order valence-electron chi connectivity index (χ2n) is 3.73. The van der Waals surface area contributed by atoms with Crippen LogP contribution in [0, 0.1) is 0 Å². The minimum atomic E-state index is 0.739. The van der Waals surface area contributed by atoms with Crippen molar-refractivity contribution in [3.63, 3.8) is 0 Å². The number of hydrogen-bond donors (Lipinski definition) is 1. The van der Waals surface area contributed by atoms with E-state index in [0.29, 0.717) is 0 Å². The predicted molar refractivity (Wildman–Crippen MR) is 69.0 cm³/mol. The van der Waals surface area contributed by atoms with Crippen molar-refractivity contribution >= 4 is 17.2 Å². The molecule has 90 valence electrons. The smallest absolute Gasteiger partial charge is 0.147 e. The molecule has 0 unspecified atom stereocenters. The van der Waals surface area contributed by atoms with Crippen LogP contribution in [0.4, 0.5) is 5.82 Å². The number of nitrogens with one attached hydrogen (secondary N) is 1. The Kier molecular flexibility index (Phi) is 4.00. The lowest BCUT2D eigenvalue weighted by Crippen LogP contribution is -2.18. The average molecular weight is 249 g/mol. The summed E-state index contributed by atoms with van der Waals surface area (Å²) in [5, 5.41) is 5.09. The van der Waals surface area contributed by atoms with Gasteiger partial charge in [0.25, 0.3) is 0 Å². The third kappa shape index (κ3) is 3.21. The molecule has 0 aliphatic heterocycles. The lowest BCUT2D eigenvalue weighted by molar-refractivity contribution is 0.778. The molecule has 0 atom stereocenters. The lowest BCUT2D eigenvalue weighted by atomic mass is 10.4. The Balaban J connectivity index is 2.01. The van der Waals surface area contributed by atoms with E-state index < -0.39 is 0 Å². The van der Waals surface area contributed by atoms with Crippen molar-refractivity contribution in [2.24, 2.45) is 0 Å². The van der Waals surface area contributed by atoms with Crippen molar-refractivity contribution in [3.8, 4) is 0 Å². The molecule has 2 rings (SSSR count). The van der Waals surface area contributed by atoms with Gasteiger partial charge >= 0.3 is 0 Å². The highest BCUT2D eigenvalue weighted by atomic mass is 32.1. The summed E-state index contributed by atoms with van der Waals surface area (Å²) in [4.78, 5) is 15.0. The Morgan fingerprint density at radius 3 is 2.71 bits per heavy atom. The molecule has 6 heteroatoms. The quantitative estimate of drug-likeness (QED) is 0.865. The second-order valence-corrected chi connectivity index (χ2v) is 4.45. The summed E-state index contributed by atoms with van der Waals surface area (Å²) in [6.45, 7) is 1.49. The zero-order chi connectivity index (χ0) is 12.1. The van der Waals surface area contributed by atoms with Crippen molar-refractivity contribution in [2.75, 3.05) is 19.0 Å². The Morgan fingerprint density at radius 1 is 1.24 bits per heavy atom. The van der Waals surface area contributed by atoms with Crippen LogP contribution in [0.2, 0.25) is 0 Å². The molecule has 2 aromatic rings.